The molecule has 1 heterocycles. The SMILES string of the molecule is CCNC(=NCC(C)N(C)c1ccccc1)NCCCN1C(=O)C2C3C=CC(C3)C2C1=O.I. The quantitative estimate of drug-likeness (QED) is 0.120. The summed E-state index contributed by atoms with van der Waals surface area (Å²) in [6.07, 6.45) is 5.96. The number of carbonyl (C=O) groups is 2. The van der Waals surface area contributed by atoms with E-state index in [4.69, 9.17) is 4.99 Å². The summed E-state index contributed by atoms with van der Waals surface area (Å²) in [5.74, 6) is 1.17. The van der Waals surface area contributed by atoms with Crippen molar-refractivity contribution in [2.75, 3.05) is 38.1 Å². The number of benzene rings is 1. The highest BCUT2D eigenvalue weighted by Crippen LogP contribution is 2.52. The average molecular weight is 566 g/mol. The number of para-hydroxylation sites is 1. The number of rotatable bonds is 9. The van der Waals surface area contributed by atoms with Gasteiger partial charge in [0.25, 0.3) is 0 Å². The molecule has 2 amide bonds. The lowest BCUT2D eigenvalue weighted by Gasteiger charge is -2.26. The summed E-state index contributed by atoms with van der Waals surface area (Å²) in [6, 6.07) is 10.5. The first-order valence-corrected chi connectivity index (χ1v) is 11.8. The monoisotopic (exact) mass is 565 g/mol. The summed E-state index contributed by atoms with van der Waals surface area (Å²) in [5, 5.41) is 6.63. The third kappa shape index (κ3) is 5.36. The zero-order valence-corrected chi connectivity index (χ0v) is 22.1. The average Bonchev–Trinajstić information content (AvgIpc) is 3.49. The smallest absolute Gasteiger partial charge is 0.233 e. The van der Waals surface area contributed by atoms with Crippen molar-refractivity contribution in [2.24, 2.45) is 28.7 Å². The van der Waals surface area contributed by atoms with Gasteiger partial charge in [0.2, 0.25) is 11.8 Å². The van der Waals surface area contributed by atoms with Gasteiger partial charge in [0, 0.05) is 38.4 Å². The lowest BCUT2D eigenvalue weighted by molar-refractivity contribution is -0.140. The molecule has 5 unspecified atom stereocenters. The molecule has 7 nitrogen and oxygen atoms in total. The number of imide groups is 1. The van der Waals surface area contributed by atoms with Crippen LogP contribution in [0.5, 0.6) is 0 Å². The molecule has 8 heteroatoms. The van der Waals surface area contributed by atoms with Crippen molar-refractivity contribution in [3.63, 3.8) is 0 Å². The molecule has 33 heavy (non-hydrogen) atoms. The van der Waals surface area contributed by atoms with E-state index in [-0.39, 0.29) is 65.5 Å². The number of nitrogens with zero attached hydrogens (tertiary/aromatic N) is 3. The molecule has 2 bridgehead atoms. The zero-order chi connectivity index (χ0) is 22.7. The Morgan fingerprint density at radius 2 is 1.76 bits per heavy atom. The van der Waals surface area contributed by atoms with E-state index in [0.29, 0.717) is 26.1 Å². The van der Waals surface area contributed by atoms with Gasteiger partial charge in [0.1, 0.15) is 0 Å². The fraction of sp³-hybridized carbons (Fsp3) is 0.560. The highest BCUT2D eigenvalue weighted by atomic mass is 127. The number of hydrogen-bond donors (Lipinski definition) is 2. The number of likely N-dealkylation sites (N-methyl/N-ethyl adjacent to an activating group) is 1. The molecule has 2 N–H and O–H groups in total. The summed E-state index contributed by atoms with van der Waals surface area (Å²) in [5.41, 5.74) is 1.17. The minimum atomic E-state index is -0.104. The van der Waals surface area contributed by atoms with Crippen LogP contribution in [0.2, 0.25) is 0 Å². The molecule has 0 aromatic heterocycles. The van der Waals surface area contributed by atoms with Crippen LogP contribution in [-0.2, 0) is 9.59 Å². The van der Waals surface area contributed by atoms with Gasteiger partial charge in [-0.3, -0.25) is 19.5 Å². The number of nitrogens with one attached hydrogen (secondary N) is 2. The molecule has 180 valence electrons. The Balaban J connectivity index is 0.00000306. The van der Waals surface area contributed by atoms with Gasteiger partial charge in [0.15, 0.2) is 5.96 Å². The van der Waals surface area contributed by atoms with Gasteiger partial charge in [-0.15, -0.1) is 24.0 Å². The van der Waals surface area contributed by atoms with Crippen molar-refractivity contribution in [2.45, 2.75) is 32.7 Å². The van der Waals surface area contributed by atoms with Crippen molar-refractivity contribution in [1.82, 2.24) is 15.5 Å². The van der Waals surface area contributed by atoms with Gasteiger partial charge in [-0.2, -0.15) is 0 Å². The standard InChI is InChI=1S/C25H35N5O2.HI/c1-4-26-25(28-16-17(2)29(3)20-9-6-5-7-10-20)27-13-8-14-30-23(31)21-18-11-12-19(15-18)22(21)24(30)32;/h5-7,9-12,17-19,21-22H,4,8,13-16H2,1-3H3,(H2,26,27,28);1H. The molecular weight excluding hydrogens is 529 g/mol. The van der Waals surface area contributed by atoms with Gasteiger partial charge >= 0.3 is 0 Å². The van der Waals surface area contributed by atoms with Crippen LogP contribution in [-0.4, -0.2) is 61.9 Å². The molecule has 1 aromatic rings. The number of guanidine groups is 1. The molecular formula is C25H36IN5O2. The second-order valence-electron chi connectivity index (χ2n) is 9.12. The van der Waals surface area contributed by atoms with E-state index in [9.17, 15) is 9.59 Å². The van der Waals surface area contributed by atoms with Crippen LogP contribution in [0.3, 0.4) is 0 Å². The van der Waals surface area contributed by atoms with Crippen molar-refractivity contribution >= 4 is 47.4 Å². The third-order valence-corrected chi connectivity index (χ3v) is 7.10. The first-order chi connectivity index (χ1) is 15.5. The van der Waals surface area contributed by atoms with Crippen molar-refractivity contribution in [3.8, 4) is 0 Å². The zero-order valence-electron chi connectivity index (χ0n) is 19.7. The topological polar surface area (TPSA) is 77.0 Å². The number of likely N-dealkylation sites (tertiary alicyclic amines) is 1. The maximum absolute atomic E-state index is 12.8. The molecule has 1 aromatic carbocycles. The summed E-state index contributed by atoms with van der Waals surface area (Å²) >= 11 is 0. The van der Waals surface area contributed by atoms with Crippen molar-refractivity contribution in [3.05, 3.63) is 42.5 Å². The largest absolute Gasteiger partial charge is 0.370 e. The van der Waals surface area contributed by atoms with Crippen LogP contribution >= 0.6 is 24.0 Å². The number of aliphatic imine (C=N–C) groups is 1. The van der Waals surface area contributed by atoms with E-state index in [1.165, 1.54) is 10.6 Å². The van der Waals surface area contributed by atoms with E-state index in [1.54, 1.807) is 0 Å². The van der Waals surface area contributed by atoms with E-state index >= 15 is 0 Å². The third-order valence-electron chi connectivity index (χ3n) is 7.10. The van der Waals surface area contributed by atoms with Gasteiger partial charge < -0.3 is 15.5 Å². The number of allylic oxidation sites excluding steroid dienone is 2. The number of fused-ring (bicyclic) bond motifs is 5. The van der Waals surface area contributed by atoms with Gasteiger partial charge in [-0.25, -0.2) is 0 Å². The lowest BCUT2D eigenvalue weighted by atomic mass is 9.85. The molecule has 5 atom stereocenters. The Kier molecular flexibility index (Phi) is 8.78. The number of amides is 2. The van der Waals surface area contributed by atoms with E-state index in [0.717, 1.165) is 18.9 Å². The lowest BCUT2D eigenvalue weighted by Crippen LogP contribution is -2.41. The van der Waals surface area contributed by atoms with Gasteiger partial charge in [0.05, 0.1) is 18.4 Å². The number of anilines is 1. The second-order valence-corrected chi connectivity index (χ2v) is 9.12. The summed E-state index contributed by atoms with van der Waals surface area (Å²) < 4.78 is 0. The van der Waals surface area contributed by atoms with Crippen LogP contribution in [0, 0.1) is 23.7 Å². The molecule has 2 fully saturated rings. The van der Waals surface area contributed by atoms with E-state index in [1.807, 2.05) is 25.1 Å². The minimum Gasteiger partial charge on any atom is -0.370 e. The highest BCUT2D eigenvalue weighted by molar-refractivity contribution is 14.0. The van der Waals surface area contributed by atoms with E-state index in [2.05, 4.69) is 53.8 Å². The number of hydrogen-bond acceptors (Lipinski definition) is 4. The molecule has 4 rings (SSSR count). The van der Waals surface area contributed by atoms with Gasteiger partial charge in [-0.1, -0.05) is 30.4 Å². The summed E-state index contributed by atoms with van der Waals surface area (Å²) in [7, 11) is 2.08. The molecule has 1 aliphatic heterocycles. The van der Waals surface area contributed by atoms with Crippen molar-refractivity contribution in [1.29, 1.82) is 0 Å². The normalized spacial score (nSPS) is 26.3. The predicted octanol–water partition coefficient (Wildman–Crippen LogP) is 2.88. The summed E-state index contributed by atoms with van der Waals surface area (Å²) in [6.45, 7) is 6.76. The Morgan fingerprint density at radius 3 is 2.36 bits per heavy atom. The van der Waals surface area contributed by atoms with Crippen LogP contribution in [0.1, 0.15) is 26.7 Å². The van der Waals surface area contributed by atoms with Crippen molar-refractivity contribution < 1.29 is 9.59 Å². The maximum Gasteiger partial charge on any atom is 0.233 e. The molecule has 3 aliphatic rings. The first-order valence-electron chi connectivity index (χ1n) is 11.8. The van der Waals surface area contributed by atoms with Crippen LogP contribution in [0.15, 0.2) is 47.5 Å². The Bertz CT molecular complexity index is 860. The maximum atomic E-state index is 12.8. The molecule has 1 saturated carbocycles. The first kappa shape index (κ1) is 25.5. The molecule has 2 aliphatic carbocycles. The predicted molar refractivity (Wildman–Crippen MR) is 143 cm³/mol. The molecule has 0 spiro atoms. The fourth-order valence-electron chi connectivity index (χ4n) is 5.23. The van der Waals surface area contributed by atoms with Gasteiger partial charge in [-0.05, 0) is 50.7 Å². The Hall–Kier alpha value is -2.10. The Morgan fingerprint density at radius 1 is 1.12 bits per heavy atom. The number of carbonyl (C=O) groups excluding carboxylic acids is 2. The second kappa shape index (κ2) is 11.4. The van der Waals surface area contributed by atoms with Crippen LogP contribution < -0.4 is 15.5 Å². The highest BCUT2D eigenvalue weighted by Gasteiger charge is 2.58. The van der Waals surface area contributed by atoms with Crippen LogP contribution in [0.4, 0.5) is 5.69 Å². The van der Waals surface area contributed by atoms with E-state index < -0.39 is 0 Å². The fourth-order valence-corrected chi connectivity index (χ4v) is 5.23. The molecule has 1 saturated heterocycles. The molecule has 0 radical (unpaired) electrons. The summed E-state index contributed by atoms with van der Waals surface area (Å²) in [4.78, 5) is 34.0. The number of halogens is 1. The van der Waals surface area contributed by atoms with Crippen LogP contribution in [0.25, 0.3) is 0 Å². The Labute approximate surface area is 214 Å². The minimum absolute atomic E-state index is 0.